The molecule has 2 atom stereocenters. The summed E-state index contributed by atoms with van der Waals surface area (Å²) in [6.45, 7) is 9.58. The Morgan fingerprint density at radius 3 is 2.86 bits per heavy atom. The average molecular weight is 305 g/mol. The van der Waals surface area contributed by atoms with E-state index < -0.39 is 0 Å². The Morgan fingerprint density at radius 1 is 1.29 bits per heavy atom. The van der Waals surface area contributed by atoms with E-state index in [0.717, 1.165) is 17.2 Å². The highest BCUT2D eigenvalue weighted by Gasteiger charge is 2.26. The van der Waals surface area contributed by atoms with Gasteiger partial charge in [0, 0.05) is 35.8 Å². The van der Waals surface area contributed by atoms with Crippen molar-refractivity contribution in [1.82, 2.24) is 10.2 Å². The molecular weight excluding hydrogens is 276 g/mol. The first-order valence-electron chi connectivity index (χ1n) is 8.41. The van der Waals surface area contributed by atoms with Crippen molar-refractivity contribution in [2.75, 3.05) is 26.2 Å². The van der Waals surface area contributed by atoms with Crippen molar-refractivity contribution in [2.45, 2.75) is 49.3 Å². The van der Waals surface area contributed by atoms with Crippen LogP contribution < -0.4 is 5.32 Å². The van der Waals surface area contributed by atoms with Crippen molar-refractivity contribution < 1.29 is 0 Å². The van der Waals surface area contributed by atoms with Gasteiger partial charge >= 0.3 is 0 Å². The van der Waals surface area contributed by atoms with E-state index in [1.807, 2.05) is 0 Å². The lowest BCUT2D eigenvalue weighted by molar-refractivity contribution is 0.225. The number of fused-ring (bicyclic) bond motifs is 1. The summed E-state index contributed by atoms with van der Waals surface area (Å²) in [5.74, 6) is 0.750. The van der Waals surface area contributed by atoms with Crippen LogP contribution in [0.5, 0.6) is 0 Å². The van der Waals surface area contributed by atoms with Crippen molar-refractivity contribution in [3.8, 4) is 0 Å². The molecule has 0 aromatic heterocycles. The van der Waals surface area contributed by atoms with Gasteiger partial charge in [0.2, 0.25) is 0 Å². The molecule has 1 N–H and O–H groups in total. The molecule has 2 aliphatic rings. The van der Waals surface area contributed by atoms with Crippen molar-refractivity contribution in [1.29, 1.82) is 0 Å². The summed E-state index contributed by atoms with van der Waals surface area (Å²) in [4.78, 5) is 4.21. The monoisotopic (exact) mass is 304 g/mol. The van der Waals surface area contributed by atoms with E-state index in [1.165, 1.54) is 50.3 Å². The Morgan fingerprint density at radius 2 is 2.14 bits per heavy atom. The molecule has 1 aromatic rings. The van der Waals surface area contributed by atoms with E-state index in [4.69, 9.17) is 0 Å². The zero-order valence-corrected chi connectivity index (χ0v) is 14.2. The second kappa shape index (κ2) is 7.17. The molecule has 0 bridgehead atoms. The van der Waals surface area contributed by atoms with E-state index >= 15 is 0 Å². The third-order valence-corrected chi connectivity index (χ3v) is 5.74. The first kappa shape index (κ1) is 15.4. The molecule has 21 heavy (non-hydrogen) atoms. The minimum absolute atomic E-state index is 0.720. The molecule has 2 aliphatic heterocycles. The molecule has 2 heterocycles. The standard InChI is InChI=1S/C18H28N2S/c1-14(2)11-20(12-16-7-5-9-19-16)13-17-10-15-6-3-4-8-18(15)21-17/h3-4,6,8,14,16-17,19H,5,7,9-13H2,1-2H3. The van der Waals surface area contributed by atoms with Gasteiger partial charge in [0.15, 0.2) is 0 Å². The Kier molecular flexibility index (Phi) is 5.25. The molecular formula is C18H28N2S. The number of nitrogens with zero attached hydrogens (tertiary/aromatic N) is 1. The molecule has 3 rings (SSSR count). The predicted octanol–water partition coefficient (Wildman–Crippen LogP) is 3.41. The molecule has 1 aromatic carbocycles. The number of hydrogen-bond donors (Lipinski definition) is 1. The smallest absolute Gasteiger partial charge is 0.0263 e. The van der Waals surface area contributed by atoms with Crippen LogP contribution in [0.1, 0.15) is 32.3 Å². The number of nitrogens with one attached hydrogen (secondary N) is 1. The van der Waals surface area contributed by atoms with E-state index in [2.05, 4.69) is 60.1 Å². The fourth-order valence-electron chi connectivity index (χ4n) is 3.61. The lowest BCUT2D eigenvalue weighted by atomic mass is 10.1. The van der Waals surface area contributed by atoms with Gasteiger partial charge in [-0.25, -0.2) is 0 Å². The molecule has 0 amide bonds. The van der Waals surface area contributed by atoms with E-state index in [9.17, 15) is 0 Å². The highest BCUT2D eigenvalue weighted by atomic mass is 32.2. The molecule has 0 spiro atoms. The van der Waals surface area contributed by atoms with Crippen LogP contribution in [0.15, 0.2) is 29.2 Å². The number of thioether (sulfide) groups is 1. The summed E-state index contributed by atoms with van der Waals surface area (Å²) in [6, 6.07) is 9.65. The maximum absolute atomic E-state index is 3.65. The van der Waals surface area contributed by atoms with Gasteiger partial charge < -0.3 is 10.2 Å². The van der Waals surface area contributed by atoms with E-state index in [0.29, 0.717) is 0 Å². The van der Waals surface area contributed by atoms with Crippen LogP contribution in [0.25, 0.3) is 0 Å². The third-order valence-electron chi connectivity index (χ3n) is 4.44. The van der Waals surface area contributed by atoms with Crippen LogP contribution in [0.3, 0.4) is 0 Å². The lowest BCUT2D eigenvalue weighted by Gasteiger charge is -2.29. The third kappa shape index (κ3) is 4.24. The van der Waals surface area contributed by atoms with Crippen LogP contribution in [0, 0.1) is 5.92 Å². The van der Waals surface area contributed by atoms with Gasteiger partial charge in [-0.3, -0.25) is 0 Å². The normalized spacial score (nSPS) is 25.0. The summed E-state index contributed by atoms with van der Waals surface area (Å²) in [5.41, 5.74) is 1.55. The molecule has 2 unspecified atom stereocenters. The molecule has 1 saturated heterocycles. The second-order valence-corrected chi connectivity index (χ2v) is 8.30. The maximum Gasteiger partial charge on any atom is 0.0263 e. The van der Waals surface area contributed by atoms with Crippen LogP contribution in [0.2, 0.25) is 0 Å². The van der Waals surface area contributed by atoms with Gasteiger partial charge in [-0.2, -0.15) is 0 Å². The zero-order chi connectivity index (χ0) is 14.7. The van der Waals surface area contributed by atoms with Gasteiger partial charge in [-0.1, -0.05) is 32.0 Å². The molecule has 2 nitrogen and oxygen atoms in total. The first-order valence-corrected chi connectivity index (χ1v) is 9.29. The van der Waals surface area contributed by atoms with Crippen LogP contribution >= 0.6 is 11.8 Å². The summed E-state index contributed by atoms with van der Waals surface area (Å²) in [5, 5.41) is 4.39. The molecule has 116 valence electrons. The van der Waals surface area contributed by atoms with Crippen molar-refractivity contribution in [3.05, 3.63) is 29.8 Å². The minimum atomic E-state index is 0.720. The lowest BCUT2D eigenvalue weighted by Crippen LogP contribution is -2.42. The number of rotatable bonds is 6. The minimum Gasteiger partial charge on any atom is -0.313 e. The van der Waals surface area contributed by atoms with Crippen LogP contribution in [0.4, 0.5) is 0 Å². The summed E-state index contributed by atoms with van der Waals surface area (Å²) in [7, 11) is 0. The summed E-state index contributed by atoms with van der Waals surface area (Å²) < 4.78 is 0. The molecule has 0 radical (unpaired) electrons. The highest BCUT2D eigenvalue weighted by molar-refractivity contribution is 8.00. The average Bonchev–Trinajstić information content (AvgIpc) is 3.06. The Bertz CT molecular complexity index is 429. The fraction of sp³-hybridized carbons (Fsp3) is 0.667. The van der Waals surface area contributed by atoms with Gasteiger partial charge in [0.1, 0.15) is 0 Å². The fourth-order valence-corrected chi connectivity index (χ4v) is 4.98. The van der Waals surface area contributed by atoms with Gasteiger partial charge in [0.05, 0.1) is 0 Å². The second-order valence-electron chi connectivity index (χ2n) is 6.96. The van der Waals surface area contributed by atoms with E-state index in [-0.39, 0.29) is 0 Å². The molecule has 0 aliphatic carbocycles. The Hall–Kier alpha value is -0.510. The van der Waals surface area contributed by atoms with Crippen LogP contribution in [-0.2, 0) is 6.42 Å². The quantitative estimate of drug-likeness (QED) is 0.867. The van der Waals surface area contributed by atoms with Gasteiger partial charge in [-0.05, 0) is 43.4 Å². The number of hydrogen-bond acceptors (Lipinski definition) is 3. The van der Waals surface area contributed by atoms with Gasteiger partial charge in [-0.15, -0.1) is 11.8 Å². The maximum atomic E-state index is 3.65. The Balaban J connectivity index is 1.57. The molecule has 1 fully saturated rings. The van der Waals surface area contributed by atoms with Gasteiger partial charge in [0.25, 0.3) is 0 Å². The first-order chi connectivity index (χ1) is 10.2. The van der Waals surface area contributed by atoms with Crippen LogP contribution in [-0.4, -0.2) is 42.4 Å². The van der Waals surface area contributed by atoms with Crippen molar-refractivity contribution >= 4 is 11.8 Å². The number of benzene rings is 1. The zero-order valence-electron chi connectivity index (χ0n) is 13.3. The molecule has 0 saturated carbocycles. The highest BCUT2D eigenvalue weighted by Crippen LogP contribution is 2.37. The Labute approximate surface area is 133 Å². The van der Waals surface area contributed by atoms with E-state index in [1.54, 1.807) is 5.56 Å². The van der Waals surface area contributed by atoms with Crippen molar-refractivity contribution in [3.63, 3.8) is 0 Å². The summed E-state index contributed by atoms with van der Waals surface area (Å²) in [6.07, 6.45) is 3.95. The predicted molar refractivity (Wildman–Crippen MR) is 92.1 cm³/mol. The molecule has 3 heteroatoms. The van der Waals surface area contributed by atoms with Crippen molar-refractivity contribution in [2.24, 2.45) is 5.92 Å². The SMILES string of the molecule is CC(C)CN(CC1CCCN1)CC1Cc2ccccc2S1. The largest absolute Gasteiger partial charge is 0.313 e. The topological polar surface area (TPSA) is 15.3 Å². The summed E-state index contributed by atoms with van der Waals surface area (Å²) >= 11 is 2.09.